The summed E-state index contributed by atoms with van der Waals surface area (Å²) in [6, 6.07) is 10.8. The van der Waals surface area contributed by atoms with E-state index in [0.29, 0.717) is 17.6 Å². The van der Waals surface area contributed by atoms with Crippen LogP contribution in [-0.4, -0.2) is 16.3 Å². The van der Waals surface area contributed by atoms with Gasteiger partial charge in [-0.05, 0) is 36.6 Å². The summed E-state index contributed by atoms with van der Waals surface area (Å²) in [5.41, 5.74) is 1.38. The maximum Gasteiger partial charge on any atom is 0.276 e. The predicted molar refractivity (Wildman–Crippen MR) is 95.8 cm³/mol. The molecular formula is C18H15BrFN3O. The van der Waals surface area contributed by atoms with E-state index in [9.17, 15) is 9.18 Å². The monoisotopic (exact) mass is 387 g/mol. The Hall–Kier alpha value is -2.21. The van der Waals surface area contributed by atoms with Crippen molar-refractivity contribution < 1.29 is 4.39 Å². The van der Waals surface area contributed by atoms with Gasteiger partial charge < -0.3 is 4.90 Å². The number of halogens is 2. The number of aromatic nitrogens is 2. The van der Waals surface area contributed by atoms with E-state index in [-0.39, 0.29) is 18.0 Å². The third kappa shape index (κ3) is 2.60. The minimum absolute atomic E-state index is 0.155. The highest BCUT2D eigenvalue weighted by Gasteiger charge is 2.22. The standard InChI is InChI=1S/C18H15BrFN3O/c19-14-8-12-5-3-7-22(17(12)16(20)9-14)11-23-18(24)15-6-2-1-4-13(15)10-21-23/h1-2,4,6,8-10H,3,5,7,11H2. The Kier molecular flexibility index (Phi) is 3.84. The summed E-state index contributed by atoms with van der Waals surface area (Å²) >= 11 is 3.34. The molecule has 0 spiro atoms. The molecule has 0 aliphatic carbocycles. The molecule has 0 saturated heterocycles. The number of aryl methyl sites for hydroxylation is 1. The van der Waals surface area contributed by atoms with Crippen LogP contribution in [-0.2, 0) is 13.1 Å². The first kappa shape index (κ1) is 15.3. The molecule has 24 heavy (non-hydrogen) atoms. The molecule has 3 aromatic rings. The summed E-state index contributed by atoms with van der Waals surface area (Å²) < 4.78 is 16.6. The largest absolute Gasteiger partial charge is 0.349 e. The summed E-state index contributed by atoms with van der Waals surface area (Å²) in [6.45, 7) is 0.946. The van der Waals surface area contributed by atoms with Gasteiger partial charge in [0.15, 0.2) is 0 Å². The molecular weight excluding hydrogens is 373 g/mol. The Labute approximate surface area is 146 Å². The number of benzene rings is 2. The lowest BCUT2D eigenvalue weighted by Crippen LogP contribution is -2.37. The minimum Gasteiger partial charge on any atom is -0.349 e. The number of hydrogen-bond acceptors (Lipinski definition) is 3. The van der Waals surface area contributed by atoms with Gasteiger partial charge in [0.25, 0.3) is 5.56 Å². The third-order valence-corrected chi connectivity index (χ3v) is 4.82. The number of rotatable bonds is 2. The maximum atomic E-state index is 14.5. The Morgan fingerprint density at radius 2 is 2.08 bits per heavy atom. The second-order valence-electron chi connectivity index (χ2n) is 5.94. The number of nitrogens with zero attached hydrogens (tertiary/aromatic N) is 3. The topological polar surface area (TPSA) is 38.1 Å². The quantitative estimate of drug-likeness (QED) is 0.672. The molecule has 0 saturated carbocycles. The molecule has 4 nitrogen and oxygen atoms in total. The lowest BCUT2D eigenvalue weighted by atomic mass is 10.0. The summed E-state index contributed by atoms with van der Waals surface area (Å²) in [4.78, 5) is 14.5. The van der Waals surface area contributed by atoms with E-state index in [2.05, 4.69) is 21.0 Å². The fourth-order valence-corrected chi connectivity index (χ4v) is 3.75. The van der Waals surface area contributed by atoms with Crippen molar-refractivity contribution in [3.8, 4) is 0 Å². The molecule has 0 unspecified atom stereocenters. The SMILES string of the molecule is O=c1c2ccccc2cnn1CN1CCCc2cc(Br)cc(F)c21. The average molecular weight is 388 g/mol. The van der Waals surface area contributed by atoms with Crippen LogP contribution in [0.1, 0.15) is 12.0 Å². The van der Waals surface area contributed by atoms with E-state index in [0.717, 1.165) is 28.3 Å². The third-order valence-electron chi connectivity index (χ3n) is 4.36. The molecule has 0 N–H and O–H groups in total. The van der Waals surface area contributed by atoms with E-state index in [4.69, 9.17) is 0 Å². The normalized spacial score (nSPS) is 14.0. The first-order valence-electron chi connectivity index (χ1n) is 7.81. The highest BCUT2D eigenvalue weighted by atomic mass is 79.9. The van der Waals surface area contributed by atoms with Crippen LogP contribution >= 0.6 is 15.9 Å². The predicted octanol–water partition coefficient (Wildman–Crippen LogP) is 3.71. The average Bonchev–Trinajstić information content (AvgIpc) is 2.57. The highest BCUT2D eigenvalue weighted by Crippen LogP contribution is 2.33. The van der Waals surface area contributed by atoms with Gasteiger partial charge in [-0.25, -0.2) is 9.07 Å². The van der Waals surface area contributed by atoms with Gasteiger partial charge in [0.2, 0.25) is 0 Å². The van der Waals surface area contributed by atoms with Gasteiger partial charge in [0.1, 0.15) is 12.5 Å². The first-order valence-corrected chi connectivity index (χ1v) is 8.60. The molecule has 2 aromatic carbocycles. The molecule has 0 atom stereocenters. The van der Waals surface area contributed by atoms with E-state index in [1.54, 1.807) is 12.3 Å². The minimum atomic E-state index is -0.270. The van der Waals surface area contributed by atoms with Crippen molar-refractivity contribution in [1.82, 2.24) is 9.78 Å². The molecule has 0 fully saturated rings. The van der Waals surface area contributed by atoms with Crippen molar-refractivity contribution in [3.05, 3.63) is 68.8 Å². The van der Waals surface area contributed by atoms with Gasteiger partial charge in [-0.15, -0.1) is 0 Å². The molecule has 1 aliphatic rings. The molecule has 6 heteroatoms. The Morgan fingerprint density at radius 1 is 1.25 bits per heavy atom. The van der Waals surface area contributed by atoms with Crippen LogP contribution in [0, 0.1) is 5.82 Å². The number of anilines is 1. The van der Waals surface area contributed by atoms with Gasteiger partial charge in [-0.2, -0.15) is 5.10 Å². The van der Waals surface area contributed by atoms with Crippen molar-refractivity contribution in [2.45, 2.75) is 19.5 Å². The van der Waals surface area contributed by atoms with Crippen LogP contribution in [0.15, 0.2) is 51.9 Å². The van der Waals surface area contributed by atoms with Gasteiger partial charge >= 0.3 is 0 Å². The zero-order chi connectivity index (χ0) is 16.7. The number of hydrogen-bond donors (Lipinski definition) is 0. The molecule has 0 bridgehead atoms. The molecule has 4 rings (SSSR count). The molecule has 1 aliphatic heterocycles. The summed E-state index contributed by atoms with van der Waals surface area (Å²) in [7, 11) is 0. The zero-order valence-electron chi connectivity index (χ0n) is 12.9. The van der Waals surface area contributed by atoms with Gasteiger partial charge in [0, 0.05) is 16.4 Å². The van der Waals surface area contributed by atoms with E-state index in [1.807, 2.05) is 29.2 Å². The van der Waals surface area contributed by atoms with E-state index < -0.39 is 0 Å². The molecule has 1 aromatic heterocycles. The van der Waals surface area contributed by atoms with Gasteiger partial charge in [-0.1, -0.05) is 34.1 Å². The number of fused-ring (bicyclic) bond motifs is 2. The van der Waals surface area contributed by atoms with Crippen molar-refractivity contribution in [1.29, 1.82) is 0 Å². The van der Waals surface area contributed by atoms with Crippen LogP contribution in [0.2, 0.25) is 0 Å². The Bertz CT molecular complexity index is 986. The first-order chi connectivity index (χ1) is 11.6. The van der Waals surface area contributed by atoms with Crippen molar-refractivity contribution in [3.63, 3.8) is 0 Å². The van der Waals surface area contributed by atoms with E-state index >= 15 is 0 Å². The Balaban J connectivity index is 1.76. The van der Waals surface area contributed by atoms with Crippen LogP contribution in [0.4, 0.5) is 10.1 Å². The van der Waals surface area contributed by atoms with Crippen LogP contribution in [0.3, 0.4) is 0 Å². The van der Waals surface area contributed by atoms with Gasteiger partial charge in [0.05, 0.1) is 17.3 Å². The zero-order valence-corrected chi connectivity index (χ0v) is 14.5. The summed E-state index contributed by atoms with van der Waals surface area (Å²) in [5.74, 6) is -0.270. The molecule has 122 valence electrons. The lowest BCUT2D eigenvalue weighted by Gasteiger charge is -2.31. The second-order valence-corrected chi connectivity index (χ2v) is 6.86. The Morgan fingerprint density at radius 3 is 2.96 bits per heavy atom. The van der Waals surface area contributed by atoms with Crippen LogP contribution in [0.25, 0.3) is 10.8 Å². The smallest absolute Gasteiger partial charge is 0.276 e. The molecule has 2 heterocycles. The highest BCUT2D eigenvalue weighted by molar-refractivity contribution is 9.10. The lowest BCUT2D eigenvalue weighted by molar-refractivity contribution is 0.516. The van der Waals surface area contributed by atoms with E-state index in [1.165, 1.54) is 10.7 Å². The maximum absolute atomic E-state index is 14.5. The molecule has 0 amide bonds. The van der Waals surface area contributed by atoms with Crippen LogP contribution < -0.4 is 10.5 Å². The molecule has 0 radical (unpaired) electrons. The van der Waals surface area contributed by atoms with Gasteiger partial charge in [-0.3, -0.25) is 4.79 Å². The fraction of sp³-hybridized carbons (Fsp3) is 0.222. The summed E-state index contributed by atoms with van der Waals surface area (Å²) in [5, 5.41) is 5.69. The second kappa shape index (κ2) is 6.02. The van der Waals surface area contributed by atoms with Crippen molar-refractivity contribution in [2.24, 2.45) is 0 Å². The van der Waals surface area contributed by atoms with Crippen molar-refractivity contribution >= 4 is 32.4 Å². The summed E-state index contributed by atoms with van der Waals surface area (Å²) in [6.07, 6.45) is 3.44. The van der Waals surface area contributed by atoms with Crippen LogP contribution in [0.5, 0.6) is 0 Å². The van der Waals surface area contributed by atoms with Crippen molar-refractivity contribution in [2.75, 3.05) is 11.4 Å². The fourth-order valence-electron chi connectivity index (χ4n) is 3.27.